The fourth-order valence-electron chi connectivity index (χ4n) is 2.39. The fourth-order valence-corrected chi connectivity index (χ4v) is 3.50. The van der Waals surface area contributed by atoms with Crippen molar-refractivity contribution in [1.82, 2.24) is 5.32 Å². The number of hydrogen-bond acceptors (Lipinski definition) is 4. The van der Waals surface area contributed by atoms with E-state index in [9.17, 15) is 4.79 Å². The molecule has 0 aliphatic heterocycles. The van der Waals surface area contributed by atoms with Gasteiger partial charge in [0.25, 0.3) is 0 Å². The van der Waals surface area contributed by atoms with Gasteiger partial charge < -0.3 is 10.1 Å². The van der Waals surface area contributed by atoms with Crippen LogP contribution in [0.15, 0.2) is 23.1 Å². The van der Waals surface area contributed by atoms with E-state index in [1.807, 2.05) is 13.8 Å². The molecule has 1 N–H and O–H groups in total. The molecule has 1 aliphatic carbocycles. The third kappa shape index (κ3) is 3.36. The Kier molecular flexibility index (Phi) is 5.11. The lowest BCUT2D eigenvalue weighted by molar-refractivity contribution is -0.149. The van der Waals surface area contributed by atoms with Gasteiger partial charge >= 0.3 is 5.97 Å². The van der Waals surface area contributed by atoms with Crippen molar-refractivity contribution < 1.29 is 9.53 Å². The lowest BCUT2D eigenvalue weighted by Gasteiger charge is -2.26. The summed E-state index contributed by atoms with van der Waals surface area (Å²) in [5, 5.41) is 3.09. The summed E-state index contributed by atoms with van der Waals surface area (Å²) < 4.78 is 5.15. The second-order valence-corrected chi connectivity index (χ2v) is 6.42. The molecule has 0 fully saturated rings. The minimum atomic E-state index is -0.639. The first-order chi connectivity index (χ1) is 9.59. The van der Waals surface area contributed by atoms with Crippen molar-refractivity contribution in [3.8, 4) is 0 Å². The maximum atomic E-state index is 12.0. The third-order valence-electron chi connectivity index (χ3n) is 3.88. The highest BCUT2D eigenvalue weighted by molar-refractivity contribution is 7.99. The zero-order valence-corrected chi connectivity index (χ0v) is 13.3. The van der Waals surface area contributed by atoms with E-state index in [4.69, 9.17) is 4.74 Å². The Hall–Kier alpha value is -1.00. The quantitative estimate of drug-likeness (QED) is 0.646. The molecule has 1 unspecified atom stereocenters. The van der Waals surface area contributed by atoms with Crippen molar-refractivity contribution >= 4 is 17.7 Å². The van der Waals surface area contributed by atoms with Gasteiger partial charge in [-0.3, -0.25) is 4.79 Å². The van der Waals surface area contributed by atoms with Gasteiger partial charge in [-0.05, 0) is 63.4 Å². The van der Waals surface area contributed by atoms with Crippen LogP contribution < -0.4 is 5.32 Å². The molecule has 4 heteroatoms. The molecule has 0 spiro atoms. The van der Waals surface area contributed by atoms with Crippen LogP contribution in [0.5, 0.6) is 0 Å². The van der Waals surface area contributed by atoms with Gasteiger partial charge in [0.15, 0.2) is 0 Å². The molecule has 2 rings (SSSR count). The number of rotatable bonds is 6. The molecule has 110 valence electrons. The minimum Gasteiger partial charge on any atom is -0.465 e. The summed E-state index contributed by atoms with van der Waals surface area (Å²) in [5.74, 6) is 0.484. The van der Waals surface area contributed by atoms with Crippen LogP contribution in [0, 0.1) is 0 Å². The van der Waals surface area contributed by atoms with Crippen LogP contribution >= 0.6 is 11.8 Å². The molecule has 1 aromatic carbocycles. The Balaban J connectivity index is 2.01. The Morgan fingerprint density at radius 1 is 1.40 bits per heavy atom. The minimum absolute atomic E-state index is 0.184. The van der Waals surface area contributed by atoms with Crippen molar-refractivity contribution in [2.24, 2.45) is 0 Å². The van der Waals surface area contributed by atoms with E-state index in [0.717, 1.165) is 0 Å². The van der Waals surface area contributed by atoms with Gasteiger partial charge in [-0.2, -0.15) is 0 Å². The first-order valence-corrected chi connectivity index (χ1v) is 8.18. The Morgan fingerprint density at radius 3 is 2.85 bits per heavy atom. The predicted molar refractivity (Wildman–Crippen MR) is 83.3 cm³/mol. The average Bonchev–Trinajstić information content (AvgIpc) is 2.92. The van der Waals surface area contributed by atoms with Crippen molar-refractivity contribution in [3.05, 3.63) is 29.3 Å². The number of carbonyl (C=O) groups is 1. The molecule has 3 nitrogen and oxygen atoms in total. The van der Waals surface area contributed by atoms with Crippen molar-refractivity contribution in [2.75, 3.05) is 19.4 Å². The largest absolute Gasteiger partial charge is 0.465 e. The van der Waals surface area contributed by atoms with E-state index in [1.165, 1.54) is 35.3 Å². The molecule has 0 heterocycles. The van der Waals surface area contributed by atoms with E-state index < -0.39 is 5.54 Å². The summed E-state index contributed by atoms with van der Waals surface area (Å²) in [6.07, 6.45) is 3.66. The van der Waals surface area contributed by atoms with Gasteiger partial charge in [0.1, 0.15) is 5.54 Å². The number of nitrogens with one attached hydrogen (secondary N) is 1. The molecule has 0 amide bonds. The first-order valence-electron chi connectivity index (χ1n) is 7.20. The van der Waals surface area contributed by atoms with Gasteiger partial charge in [-0.1, -0.05) is 6.07 Å². The summed E-state index contributed by atoms with van der Waals surface area (Å²) in [7, 11) is 1.81. The molecular formula is C16H23NO2S. The van der Waals surface area contributed by atoms with E-state index in [1.54, 1.807) is 18.8 Å². The van der Waals surface area contributed by atoms with Gasteiger partial charge in [-0.15, -0.1) is 11.8 Å². The summed E-state index contributed by atoms with van der Waals surface area (Å²) in [5.41, 5.74) is 2.31. The number of thioether (sulfide) groups is 1. The van der Waals surface area contributed by atoms with Crippen LogP contribution in [0.1, 0.15) is 31.4 Å². The monoisotopic (exact) mass is 293 g/mol. The van der Waals surface area contributed by atoms with Crippen LogP contribution in [-0.4, -0.2) is 30.9 Å². The van der Waals surface area contributed by atoms with E-state index in [2.05, 4.69) is 23.5 Å². The van der Waals surface area contributed by atoms with E-state index in [0.29, 0.717) is 12.4 Å². The number of ether oxygens (including phenoxy) is 1. The van der Waals surface area contributed by atoms with Crippen molar-refractivity contribution in [3.63, 3.8) is 0 Å². The highest BCUT2D eigenvalue weighted by Gasteiger charge is 2.33. The summed E-state index contributed by atoms with van der Waals surface area (Å²) >= 11 is 1.71. The number of hydrogen-bond donors (Lipinski definition) is 1. The van der Waals surface area contributed by atoms with Crippen molar-refractivity contribution in [1.29, 1.82) is 0 Å². The van der Waals surface area contributed by atoms with Gasteiger partial charge in [0.2, 0.25) is 0 Å². The maximum absolute atomic E-state index is 12.0. The van der Waals surface area contributed by atoms with Crippen LogP contribution in [0.4, 0.5) is 0 Å². The molecule has 1 atom stereocenters. The molecule has 0 radical (unpaired) electrons. The second-order valence-electron chi connectivity index (χ2n) is 5.38. The van der Waals surface area contributed by atoms with Crippen LogP contribution in [-0.2, 0) is 22.4 Å². The number of likely N-dealkylation sites (N-methyl/N-ethyl adjacent to an activating group) is 1. The summed E-state index contributed by atoms with van der Waals surface area (Å²) in [6.45, 7) is 4.15. The van der Waals surface area contributed by atoms with Gasteiger partial charge in [-0.25, -0.2) is 0 Å². The lowest BCUT2D eigenvalue weighted by atomic mass is 10.1. The zero-order valence-electron chi connectivity index (χ0n) is 12.5. The molecule has 20 heavy (non-hydrogen) atoms. The Labute approximate surface area is 125 Å². The number of benzene rings is 1. The van der Waals surface area contributed by atoms with Gasteiger partial charge in [0.05, 0.1) is 6.61 Å². The highest BCUT2D eigenvalue weighted by atomic mass is 32.2. The third-order valence-corrected chi connectivity index (χ3v) is 5.18. The molecule has 0 aromatic heterocycles. The maximum Gasteiger partial charge on any atom is 0.326 e. The highest BCUT2D eigenvalue weighted by Crippen LogP contribution is 2.29. The normalized spacial score (nSPS) is 16.6. The molecule has 0 saturated carbocycles. The molecule has 1 aliphatic rings. The smallest absolute Gasteiger partial charge is 0.326 e. The van der Waals surface area contributed by atoms with Crippen molar-refractivity contribution in [2.45, 2.75) is 43.5 Å². The molecular weight excluding hydrogens is 270 g/mol. The standard InChI is InChI=1S/C16H23NO2S/c1-4-19-15(18)16(2,17-3)11-20-14-9-8-12-6-5-7-13(12)10-14/h8-10,17H,4-7,11H2,1-3H3. The fraction of sp³-hybridized carbons (Fsp3) is 0.562. The molecule has 0 saturated heterocycles. The second kappa shape index (κ2) is 6.64. The predicted octanol–water partition coefficient (Wildman–Crippen LogP) is 2.81. The summed E-state index contributed by atoms with van der Waals surface area (Å²) in [6, 6.07) is 6.66. The topological polar surface area (TPSA) is 38.3 Å². The lowest BCUT2D eigenvalue weighted by Crippen LogP contribution is -2.50. The first kappa shape index (κ1) is 15.4. The average molecular weight is 293 g/mol. The van der Waals surface area contributed by atoms with E-state index in [-0.39, 0.29) is 5.97 Å². The van der Waals surface area contributed by atoms with Crippen LogP contribution in [0.25, 0.3) is 0 Å². The zero-order chi connectivity index (χ0) is 14.6. The number of fused-ring (bicyclic) bond motifs is 1. The van der Waals surface area contributed by atoms with E-state index >= 15 is 0 Å². The van der Waals surface area contributed by atoms with Gasteiger partial charge in [0, 0.05) is 10.6 Å². The number of aryl methyl sites for hydroxylation is 2. The number of carbonyl (C=O) groups excluding carboxylic acids is 1. The SMILES string of the molecule is CCOC(=O)C(C)(CSc1ccc2c(c1)CCC2)NC. The van der Waals surface area contributed by atoms with Crippen LogP contribution in [0.3, 0.4) is 0 Å². The molecule has 1 aromatic rings. The summed E-state index contributed by atoms with van der Waals surface area (Å²) in [4.78, 5) is 13.2. The Bertz CT molecular complexity index is 489. The van der Waals surface area contributed by atoms with Crippen LogP contribution in [0.2, 0.25) is 0 Å². The Morgan fingerprint density at radius 2 is 2.15 bits per heavy atom. The molecule has 0 bridgehead atoms. The number of esters is 1.